The molecule has 1 amide bonds. The van der Waals surface area contributed by atoms with Gasteiger partial charge in [-0.25, -0.2) is 10.8 Å². The lowest BCUT2D eigenvalue weighted by atomic mass is 10.3. The Balaban J connectivity index is 2.75. The highest BCUT2D eigenvalue weighted by Gasteiger charge is 2.18. The zero-order valence-electron chi connectivity index (χ0n) is 8.24. The first kappa shape index (κ1) is 12.5. The van der Waals surface area contributed by atoms with Gasteiger partial charge < -0.3 is 0 Å². The SMILES string of the molecule is CCC(Sc1ncccc1Br)C(=O)NN. The highest BCUT2D eigenvalue weighted by molar-refractivity contribution is 9.10. The van der Waals surface area contributed by atoms with Crippen molar-refractivity contribution < 1.29 is 4.79 Å². The molecule has 0 saturated heterocycles. The number of halogens is 1. The number of carbonyl (C=O) groups excluding carboxylic acids is 1. The number of aromatic nitrogens is 1. The van der Waals surface area contributed by atoms with Gasteiger partial charge in [0.25, 0.3) is 0 Å². The van der Waals surface area contributed by atoms with Gasteiger partial charge in [-0.1, -0.05) is 18.7 Å². The van der Waals surface area contributed by atoms with Crippen molar-refractivity contribution in [3.05, 3.63) is 22.8 Å². The fraction of sp³-hybridized carbons (Fsp3) is 0.333. The molecule has 0 bridgehead atoms. The zero-order chi connectivity index (χ0) is 11.3. The highest BCUT2D eigenvalue weighted by atomic mass is 79.9. The highest BCUT2D eigenvalue weighted by Crippen LogP contribution is 2.29. The predicted molar refractivity (Wildman–Crippen MR) is 64.2 cm³/mol. The minimum absolute atomic E-state index is 0.181. The van der Waals surface area contributed by atoms with E-state index < -0.39 is 0 Å². The van der Waals surface area contributed by atoms with E-state index in [1.807, 2.05) is 19.1 Å². The second-order valence-electron chi connectivity index (χ2n) is 2.81. The van der Waals surface area contributed by atoms with Gasteiger partial charge in [0.1, 0.15) is 5.03 Å². The number of thioether (sulfide) groups is 1. The van der Waals surface area contributed by atoms with E-state index in [4.69, 9.17) is 5.84 Å². The summed E-state index contributed by atoms with van der Waals surface area (Å²) in [5, 5.41) is 0.592. The Hall–Kier alpha value is -0.590. The first-order valence-corrected chi connectivity index (χ1v) is 6.14. The van der Waals surface area contributed by atoms with Crippen LogP contribution in [0.5, 0.6) is 0 Å². The van der Waals surface area contributed by atoms with E-state index in [-0.39, 0.29) is 11.2 Å². The first-order valence-electron chi connectivity index (χ1n) is 4.46. The molecule has 15 heavy (non-hydrogen) atoms. The number of nitrogens with one attached hydrogen (secondary N) is 1. The first-order chi connectivity index (χ1) is 7.19. The molecule has 1 aromatic rings. The van der Waals surface area contributed by atoms with Crippen LogP contribution in [0.1, 0.15) is 13.3 Å². The molecule has 0 aliphatic rings. The van der Waals surface area contributed by atoms with Crippen LogP contribution in [0.2, 0.25) is 0 Å². The van der Waals surface area contributed by atoms with Crippen molar-refractivity contribution in [3.8, 4) is 0 Å². The smallest absolute Gasteiger partial charge is 0.247 e. The summed E-state index contributed by atoms with van der Waals surface area (Å²) >= 11 is 4.78. The number of hydrogen-bond acceptors (Lipinski definition) is 4. The van der Waals surface area contributed by atoms with Crippen molar-refractivity contribution in [1.82, 2.24) is 10.4 Å². The number of rotatable bonds is 4. The number of amides is 1. The molecular weight excluding hydrogens is 278 g/mol. The summed E-state index contributed by atoms with van der Waals surface area (Å²) in [5.41, 5.74) is 2.15. The number of hydrazine groups is 1. The summed E-state index contributed by atoms with van der Waals surface area (Å²) in [7, 11) is 0. The van der Waals surface area contributed by atoms with Crippen molar-refractivity contribution in [1.29, 1.82) is 0 Å². The van der Waals surface area contributed by atoms with Gasteiger partial charge in [0, 0.05) is 10.7 Å². The Morgan fingerprint density at radius 2 is 2.53 bits per heavy atom. The lowest BCUT2D eigenvalue weighted by Gasteiger charge is -2.12. The van der Waals surface area contributed by atoms with Crippen LogP contribution in [0, 0.1) is 0 Å². The average molecular weight is 290 g/mol. The molecule has 1 rings (SSSR count). The summed E-state index contributed by atoms with van der Waals surface area (Å²) in [6.45, 7) is 1.93. The van der Waals surface area contributed by atoms with Crippen LogP contribution in [0.25, 0.3) is 0 Å². The third kappa shape index (κ3) is 3.48. The van der Waals surface area contributed by atoms with Crippen LogP contribution in [0.15, 0.2) is 27.8 Å². The number of hydrogen-bond donors (Lipinski definition) is 2. The van der Waals surface area contributed by atoms with E-state index in [1.165, 1.54) is 11.8 Å². The number of nitrogens with zero attached hydrogens (tertiary/aromatic N) is 1. The lowest BCUT2D eigenvalue weighted by Crippen LogP contribution is -2.37. The Labute approximate surface area is 101 Å². The molecule has 0 aliphatic carbocycles. The molecule has 1 heterocycles. The molecule has 0 aliphatic heterocycles. The topological polar surface area (TPSA) is 68.0 Å². The molecule has 1 aromatic heterocycles. The molecule has 1 atom stereocenters. The zero-order valence-corrected chi connectivity index (χ0v) is 10.6. The second kappa shape index (κ2) is 6.09. The van der Waals surface area contributed by atoms with Gasteiger partial charge in [0.15, 0.2) is 0 Å². The third-order valence-corrected chi connectivity index (χ3v) is 4.07. The normalized spacial score (nSPS) is 12.2. The lowest BCUT2D eigenvalue weighted by molar-refractivity contribution is -0.120. The minimum atomic E-state index is -0.207. The Kier molecular flexibility index (Phi) is 5.07. The van der Waals surface area contributed by atoms with Crippen LogP contribution < -0.4 is 11.3 Å². The van der Waals surface area contributed by atoms with Gasteiger partial charge in [-0.3, -0.25) is 10.2 Å². The van der Waals surface area contributed by atoms with Gasteiger partial charge >= 0.3 is 0 Å². The van der Waals surface area contributed by atoms with Gasteiger partial charge in [0.2, 0.25) is 5.91 Å². The van der Waals surface area contributed by atoms with Crippen molar-refractivity contribution in [2.75, 3.05) is 0 Å². The van der Waals surface area contributed by atoms with Crippen LogP contribution in [-0.2, 0) is 4.79 Å². The van der Waals surface area contributed by atoms with Gasteiger partial charge in [-0.05, 0) is 34.5 Å². The standard InChI is InChI=1S/C9H12BrN3OS/c1-2-7(8(14)13-11)15-9-6(10)4-3-5-12-9/h3-5,7H,2,11H2,1H3,(H,13,14). The molecule has 6 heteroatoms. The maximum absolute atomic E-state index is 11.4. The van der Waals surface area contributed by atoms with Crippen LogP contribution in [-0.4, -0.2) is 16.1 Å². The quantitative estimate of drug-likeness (QED) is 0.383. The molecule has 4 nitrogen and oxygen atoms in total. The van der Waals surface area contributed by atoms with Crippen molar-refractivity contribution in [2.24, 2.45) is 5.84 Å². The van der Waals surface area contributed by atoms with E-state index in [0.717, 1.165) is 9.50 Å². The summed E-state index contributed by atoms with van der Waals surface area (Å²) < 4.78 is 0.887. The number of pyridine rings is 1. The molecule has 0 spiro atoms. The fourth-order valence-electron chi connectivity index (χ4n) is 1.01. The van der Waals surface area contributed by atoms with E-state index in [0.29, 0.717) is 6.42 Å². The maximum atomic E-state index is 11.4. The summed E-state index contributed by atoms with van der Waals surface area (Å²) in [4.78, 5) is 15.5. The number of carbonyl (C=O) groups is 1. The Morgan fingerprint density at radius 3 is 3.07 bits per heavy atom. The Bertz CT molecular complexity index is 348. The van der Waals surface area contributed by atoms with Crippen molar-refractivity contribution in [2.45, 2.75) is 23.6 Å². The molecule has 0 radical (unpaired) electrons. The summed E-state index contributed by atoms with van der Waals surface area (Å²) in [6.07, 6.45) is 2.40. The largest absolute Gasteiger partial charge is 0.293 e. The van der Waals surface area contributed by atoms with Crippen molar-refractivity contribution >= 4 is 33.6 Å². The van der Waals surface area contributed by atoms with Crippen molar-refractivity contribution in [3.63, 3.8) is 0 Å². The maximum Gasteiger partial charge on any atom is 0.247 e. The number of nitrogens with two attached hydrogens (primary N) is 1. The Morgan fingerprint density at radius 1 is 1.80 bits per heavy atom. The molecule has 0 aromatic carbocycles. The molecule has 82 valence electrons. The predicted octanol–water partition coefficient (Wildman–Crippen LogP) is 1.70. The van der Waals surface area contributed by atoms with E-state index in [2.05, 4.69) is 26.3 Å². The third-order valence-electron chi connectivity index (χ3n) is 1.78. The monoisotopic (exact) mass is 289 g/mol. The molecular formula is C9H12BrN3OS. The summed E-state index contributed by atoms with van der Waals surface area (Å²) in [6, 6.07) is 3.72. The van der Waals surface area contributed by atoms with E-state index in [9.17, 15) is 4.79 Å². The van der Waals surface area contributed by atoms with Gasteiger partial charge in [-0.15, -0.1) is 0 Å². The van der Waals surface area contributed by atoms with Crippen LogP contribution >= 0.6 is 27.7 Å². The fourth-order valence-corrected chi connectivity index (χ4v) is 2.46. The van der Waals surface area contributed by atoms with E-state index >= 15 is 0 Å². The minimum Gasteiger partial charge on any atom is -0.293 e. The summed E-state index contributed by atoms with van der Waals surface area (Å²) in [5.74, 6) is 4.91. The molecule has 0 saturated carbocycles. The van der Waals surface area contributed by atoms with Gasteiger partial charge in [0.05, 0.1) is 5.25 Å². The molecule has 3 N–H and O–H groups in total. The van der Waals surface area contributed by atoms with E-state index in [1.54, 1.807) is 6.20 Å². The van der Waals surface area contributed by atoms with Crippen LogP contribution in [0.4, 0.5) is 0 Å². The molecule has 0 fully saturated rings. The second-order valence-corrected chi connectivity index (χ2v) is 4.86. The molecule has 1 unspecified atom stereocenters. The average Bonchev–Trinajstić information content (AvgIpc) is 2.27. The van der Waals surface area contributed by atoms with Gasteiger partial charge in [-0.2, -0.15) is 0 Å². The van der Waals surface area contributed by atoms with Crippen LogP contribution in [0.3, 0.4) is 0 Å².